The minimum Gasteiger partial charge on any atom is -0.484 e. The summed E-state index contributed by atoms with van der Waals surface area (Å²) >= 11 is 0. The van der Waals surface area contributed by atoms with Gasteiger partial charge in [-0.3, -0.25) is 4.79 Å². The maximum Gasteiger partial charge on any atom is 0.258 e. The van der Waals surface area contributed by atoms with E-state index in [0.717, 1.165) is 25.0 Å². The monoisotopic (exact) mass is 262 g/mol. The second-order valence-electron chi connectivity index (χ2n) is 5.17. The Morgan fingerprint density at radius 2 is 2.37 bits per heavy atom. The molecule has 1 amide bonds. The SMILES string of the molecule is CCC(C)NC(=O)COc1ccc2c(c1)CC[C@@H]2N. The summed E-state index contributed by atoms with van der Waals surface area (Å²) in [7, 11) is 0. The number of hydrogen-bond acceptors (Lipinski definition) is 3. The van der Waals surface area contributed by atoms with Gasteiger partial charge in [0.25, 0.3) is 5.91 Å². The number of hydrogen-bond donors (Lipinski definition) is 2. The Morgan fingerprint density at radius 1 is 1.58 bits per heavy atom. The highest BCUT2D eigenvalue weighted by atomic mass is 16.5. The van der Waals surface area contributed by atoms with E-state index in [2.05, 4.69) is 5.32 Å². The fourth-order valence-corrected chi connectivity index (χ4v) is 2.28. The van der Waals surface area contributed by atoms with Crippen molar-refractivity contribution in [2.45, 2.75) is 45.2 Å². The number of fused-ring (bicyclic) bond motifs is 1. The molecule has 0 saturated heterocycles. The fraction of sp³-hybridized carbons (Fsp3) is 0.533. The molecule has 4 nitrogen and oxygen atoms in total. The minimum absolute atomic E-state index is 0.0647. The summed E-state index contributed by atoms with van der Waals surface area (Å²) in [6, 6.07) is 6.24. The Labute approximate surface area is 114 Å². The van der Waals surface area contributed by atoms with Gasteiger partial charge in [0.05, 0.1) is 0 Å². The highest BCUT2D eigenvalue weighted by molar-refractivity contribution is 5.77. The van der Waals surface area contributed by atoms with E-state index in [-0.39, 0.29) is 24.6 Å². The molecule has 3 N–H and O–H groups in total. The van der Waals surface area contributed by atoms with E-state index in [0.29, 0.717) is 0 Å². The van der Waals surface area contributed by atoms with Crippen LogP contribution in [0.1, 0.15) is 43.9 Å². The van der Waals surface area contributed by atoms with Crippen LogP contribution >= 0.6 is 0 Å². The smallest absolute Gasteiger partial charge is 0.258 e. The molecule has 1 aromatic carbocycles. The Balaban J connectivity index is 1.89. The van der Waals surface area contributed by atoms with Crippen LogP contribution in [0.4, 0.5) is 0 Å². The van der Waals surface area contributed by atoms with Gasteiger partial charge in [-0.15, -0.1) is 0 Å². The molecule has 1 aliphatic rings. The van der Waals surface area contributed by atoms with E-state index in [4.69, 9.17) is 10.5 Å². The third-order valence-corrected chi connectivity index (χ3v) is 3.63. The zero-order chi connectivity index (χ0) is 13.8. The van der Waals surface area contributed by atoms with Gasteiger partial charge in [-0.05, 0) is 49.4 Å². The molecule has 1 unspecified atom stereocenters. The molecule has 0 aliphatic heterocycles. The van der Waals surface area contributed by atoms with E-state index in [1.165, 1.54) is 11.1 Å². The summed E-state index contributed by atoms with van der Waals surface area (Å²) in [5, 5.41) is 2.88. The van der Waals surface area contributed by atoms with Crippen LogP contribution in [0.15, 0.2) is 18.2 Å². The van der Waals surface area contributed by atoms with Crippen LogP contribution < -0.4 is 15.8 Å². The number of carbonyl (C=O) groups is 1. The van der Waals surface area contributed by atoms with E-state index in [1.807, 2.05) is 32.0 Å². The molecular formula is C15H22N2O2. The lowest BCUT2D eigenvalue weighted by atomic mass is 10.1. The minimum atomic E-state index is -0.0773. The van der Waals surface area contributed by atoms with Gasteiger partial charge in [-0.25, -0.2) is 0 Å². The van der Waals surface area contributed by atoms with Crippen LogP contribution in [0, 0.1) is 0 Å². The number of ether oxygens (including phenoxy) is 1. The van der Waals surface area contributed by atoms with Gasteiger partial charge in [0.1, 0.15) is 5.75 Å². The van der Waals surface area contributed by atoms with Crippen molar-refractivity contribution >= 4 is 5.91 Å². The standard InChI is InChI=1S/C15H22N2O2/c1-3-10(2)17-15(18)9-19-12-5-6-13-11(8-12)4-7-14(13)16/h5-6,8,10,14H,3-4,7,9,16H2,1-2H3,(H,17,18)/t10?,14-/m0/s1. The summed E-state index contributed by atoms with van der Waals surface area (Å²) in [6.45, 7) is 4.08. The molecule has 0 fully saturated rings. The predicted octanol–water partition coefficient (Wildman–Crippen LogP) is 1.93. The van der Waals surface area contributed by atoms with Gasteiger partial charge < -0.3 is 15.8 Å². The summed E-state index contributed by atoms with van der Waals surface area (Å²) in [6.07, 6.45) is 2.91. The quantitative estimate of drug-likeness (QED) is 0.852. The molecule has 4 heteroatoms. The van der Waals surface area contributed by atoms with Crippen molar-refractivity contribution in [2.24, 2.45) is 5.73 Å². The third-order valence-electron chi connectivity index (χ3n) is 3.63. The molecule has 1 aliphatic carbocycles. The molecular weight excluding hydrogens is 240 g/mol. The van der Waals surface area contributed by atoms with Crippen molar-refractivity contribution in [3.05, 3.63) is 29.3 Å². The van der Waals surface area contributed by atoms with Gasteiger partial charge in [-0.2, -0.15) is 0 Å². The second-order valence-corrected chi connectivity index (χ2v) is 5.17. The predicted molar refractivity (Wildman–Crippen MR) is 75.1 cm³/mol. The molecule has 104 valence electrons. The Morgan fingerprint density at radius 3 is 3.11 bits per heavy atom. The second kappa shape index (κ2) is 6.06. The number of amides is 1. The largest absolute Gasteiger partial charge is 0.484 e. The fourth-order valence-electron chi connectivity index (χ4n) is 2.28. The van der Waals surface area contributed by atoms with Crippen molar-refractivity contribution < 1.29 is 9.53 Å². The Hall–Kier alpha value is -1.55. The maximum atomic E-state index is 11.6. The van der Waals surface area contributed by atoms with Crippen molar-refractivity contribution in [1.82, 2.24) is 5.32 Å². The number of nitrogens with one attached hydrogen (secondary N) is 1. The topological polar surface area (TPSA) is 64.3 Å². The first-order chi connectivity index (χ1) is 9.10. The van der Waals surface area contributed by atoms with E-state index in [1.54, 1.807) is 0 Å². The van der Waals surface area contributed by atoms with Crippen molar-refractivity contribution in [2.75, 3.05) is 6.61 Å². The molecule has 0 aromatic heterocycles. The van der Waals surface area contributed by atoms with Gasteiger partial charge in [0.15, 0.2) is 6.61 Å². The number of benzene rings is 1. The van der Waals surface area contributed by atoms with Crippen molar-refractivity contribution in [3.8, 4) is 5.75 Å². The van der Waals surface area contributed by atoms with Crippen LogP contribution in [-0.2, 0) is 11.2 Å². The normalized spacial score (nSPS) is 18.8. The molecule has 1 aromatic rings. The third kappa shape index (κ3) is 3.47. The summed E-state index contributed by atoms with van der Waals surface area (Å²) in [4.78, 5) is 11.6. The molecule has 2 rings (SSSR count). The lowest BCUT2D eigenvalue weighted by molar-refractivity contribution is -0.123. The van der Waals surface area contributed by atoms with E-state index in [9.17, 15) is 4.79 Å². The van der Waals surface area contributed by atoms with Crippen molar-refractivity contribution in [1.29, 1.82) is 0 Å². The number of rotatable bonds is 5. The van der Waals surface area contributed by atoms with Gasteiger partial charge in [0.2, 0.25) is 0 Å². The van der Waals surface area contributed by atoms with Crippen molar-refractivity contribution in [3.63, 3.8) is 0 Å². The van der Waals surface area contributed by atoms with Crippen LogP contribution in [0.25, 0.3) is 0 Å². The lowest BCUT2D eigenvalue weighted by Gasteiger charge is -2.12. The first-order valence-electron chi connectivity index (χ1n) is 6.90. The first-order valence-corrected chi connectivity index (χ1v) is 6.90. The zero-order valence-corrected chi connectivity index (χ0v) is 11.6. The van der Waals surface area contributed by atoms with Crippen LogP contribution in [0.3, 0.4) is 0 Å². The molecule has 0 bridgehead atoms. The summed E-state index contributed by atoms with van der Waals surface area (Å²) in [5.74, 6) is 0.665. The molecule has 0 radical (unpaired) electrons. The van der Waals surface area contributed by atoms with E-state index >= 15 is 0 Å². The molecule has 2 atom stereocenters. The number of aryl methyl sites for hydroxylation is 1. The average Bonchev–Trinajstić information content (AvgIpc) is 2.77. The summed E-state index contributed by atoms with van der Waals surface area (Å²) < 4.78 is 5.52. The number of nitrogens with two attached hydrogens (primary N) is 1. The highest BCUT2D eigenvalue weighted by Gasteiger charge is 2.19. The van der Waals surface area contributed by atoms with E-state index < -0.39 is 0 Å². The Bertz CT molecular complexity index is 459. The highest BCUT2D eigenvalue weighted by Crippen LogP contribution is 2.31. The van der Waals surface area contributed by atoms with Crippen LogP contribution in [0.2, 0.25) is 0 Å². The average molecular weight is 262 g/mol. The Kier molecular flexibility index (Phi) is 4.43. The first kappa shape index (κ1) is 13.9. The zero-order valence-electron chi connectivity index (χ0n) is 11.6. The van der Waals surface area contributed by atoms with Crippen LogP contribution in [0.5, 0.6) is 5.75 Å². The molecule has 0 heterocycles. The lowest BCUT2D eigenvalue weighted by Crippen LogP contribution is -2.35. The maximum absolute atomic E-state index is 11.6. The van der Waals surface area contributed by atoms with Gasteiger partial charge >= 0.3 is 0 Å². The molecule has 0 saturated carbocycles. The van der Waals surface area contributed by atoms with Gasteiger partial charge in [0, 0.05) is 12.1 Å². The summed E-state index contributed by atoms with van der Waals surface area (Å²) in [5.41, 5.74) is 8.43. The van der Waals surface area contributed by atoms with Gasteiger partial charge in [-0.1, -0.05) is 13.0 Å². The van der Waals surface area contributed by atoms with Crippen LogP contribution in [-0.4, -0.2) is 18.6 Å². The number of carbonyl (C=O) groups excluding carboxylic acids is 1. The molecule has 19 heavy (non-hydrogen) atoms. The molecule has 0 spiro atoms.